The second kappa shape index (κ2) is 6.04. The van der Waals surface area contributed by atoms with Gasteiger partial charge in [0.1, 0.15) is 0 Å². The van der Waals surface area contributed by atoms with Gasteiger partial charge in [0.2, 0.25) is 0 Å². The third-order valence-electron chi connectivity index (χ3n) is 1.70. The van der Waals surface area contributed by atoms with Crippen LogP contribution in [-0.4, -0.2) is 86.5 Å². The number of carboxylic acid groups (broad SMARTS) is 2. The van der Waals surface area contributed by atoms with Crippen LogP contribution in [0.5, 0.6) is 0 Å². The molecule has 0 saturated heterocycles. The maximum absolute atomic E-state index is 10.8. The fraction of sp³-hybridized carbons (Fsp3) is 0. The van der Waals surface area contributed by atoms with E-state index < -0.39 is 38.1 Å². The molecular weight excluding hydrogens is 279 g/mol. The van der Waals surface area contributed by atoms with Crippen LogP contribution in [0.4, 0.5) is 0 Å². The number of carbonyl (C=O) groups is 2. The molecule has 0 fully saturated rings. The summed E-state index contributed by atoms with van der Waals surface area (Å²) in [5.74, 6) is -2.99. The first-order valence-corrected chi connectivity index (χ1v) is 5.25. The molecule has 0 aliphatic heterocycles. The summed E-state index contributed by atoms with van der Waals surface area (Å²) in [6, 6.07) is 2.13. The van der Waals surface area contributed by atoms with Crippen molar-refractivity contribution in [3.05, 3.63) is 29.3 Å². The summed E-state index contributed by atoms with van der Waals surface area (Å²) in [6.45, 7) is 0. The average molecular weight is 286 g/mol. The van der Waals surface area contributed by atoms with Crippen LogP contribution in [0.2, 0.25) is 0 Å². The fourth-order valence-electron chi connectivity index (χ4n) is 0.995. The molecule has 0 aliphatic carbocycles. The van der Waals surface area contributed by atoms with Crippen LogP contribution in [0.3, 0.4) is 0 Å². The van der Waals surface area contributed by atoms with E-state index in [0.717, 1.165) is 6.07 Å². The Kier molecular flexibility index (Phi) is 5.94. The minimum atomic E-state index is -4.64. The van der Waals surface area contributed by atoms with E-state index >= 15 is 0 Å². The number of rotatable bonds is 3. The van der Waals surface area contributed by atoms with Gasteiger partial charge in [-0.3, -0.25) is 4.55 Å². The zero-order chi connectivity index (χ0) is 12.5. The Bertz CT molecular complexity index is 531. The molecule has 1 rings (SSSR count). The molecule has 17 heavy (non-hydrogen) atoms. The number of benzene rings is 1. The van der Waals surface area contributed by atoms with Crippen molar-refractivity contribution in [1.29, 1.82) is 0 Å². The summed E-state index contributed by atoms with van der Waals surface area (Å²) in [5, 5.41) is 17.2. The van der Waals surface area contributed by atoms with E-state index in [1.54, 1.807) is 0 Å². The van der Waals surface area contributed by atoms with E-state index in [-0.39, 0.29) is 51.4 Å². The minimum absolute atomic E-state index is 0. The van der Waals surface area contributed by atoms with Gasteiger partial charge in [-0.25, -0.2) is 9.59 Å². The fourth-order valence-corrected chi connectivity index (χ4v) is 1.55. The first kappa shape index (κ1) is 16.7. The van der Waals surface area contributed by atoms with Crippen LogP contribution in [0.15, 0.2) is 23.1 Å². The second-order valence-electron chi connectivity index (χ2n) is 2.83. The molecule has 9 heteroatoms. The van der Waals surface area contributed by atoms with Gasteiger partial charge in [-0.15, -0.1) is 0 Å². The number of carboxylic acids is 2. The second-order valence-corrected chi connectivity index (χ2v) is 4.25. The van der Waals surface area contributed by atoms with E-state index in [1.807, 2.05) is 0 Å². The predicted molar refractivity (Wildman–Crippen MR) is 57.3 cm³/mol. The zero-order valence-electron chi connectivity index (χ0n) is 7.61. The van der Waals surface area contributed by atoms with Crippen LogP contribution >= 0.6 is 0 Å². The van der Waals surface area contributed by atoms with Crippen molar-refractivity contribution in [2.24, 2.45) is 0 Å². The summed E-state index contributed by atoms with van der Waals surface area (Å²) < 4.78 is 30.2. The molecule has 0 aliphatic rings. The molecule has 0 amide bonds. The van der Waals surface area contributed by atoms with Crippen LogP contribution in [0, 0.1) is 0 Å². The number of hydrogen-bond donors (Lipinski definition) is 3. The standard InChI is InChI=1S/C8H6O7S.K.H/c9-7(10)4-1-5(8(11)12)3-6(2-4)16(13,14)15;;/h1-3H,(H,9,10)(H,11,12)(H,13,14,15);;. The molecule has 1 aromatic carbocycles. The molecule has 1 aromatic rings. The van der Waals surface area contributed by atoms with Crippen molar-refractivity contribution in [2.45, 2.75) is 4.90 Å². The predicted octanol–water partition coefficient (Wildman–Crippen LogP) is -0.319. The summed E-state index contributed by atoms with van der Waals surface area (Å²) >= 11 is 0. The topological polar surface area (TPSA) is 129 Å². The van der Waals surface area contributed by atoms with Crippen LogP contribution in [-0.2, 0) is 10.1 Å². The summed E-state index contributed by atoms with van der Waals surface area (Å²) in [5.41, 5.74) is -1.07. The van der Waals surface area contributed by atoms with E-state index in [4.69, 9.17) is 14.8 Å². The molecule has 0 heterocycles. The van der Waals surface area contributed by atoms with Crippen molar-refractivity contribution >= 4 is 73.4 Å². The van der Waals surface area contributed by atoms with Crippen molar-refractivity contribution < 1.29 is 32.8 Å². The third-order valence-corrected chi connectivity index (χ3v) is 2.53. The normalized spacial score (nSPS) is 10.4. The monoisotopic (exact) mass is 286 g/mol. The van der Waals surface area contributed by atoms with E-state index in [1.165, 1.54) is 0 Å². The van der Waals surface area contributed by atoms with Gasteiger partial charge in [-0.05, 0) is 18.2 Å². The molecule has 7 nitrogen and oxygen atoms in total. The molecule has 0 radical (unpaired) electrons. The van der Waals surface area contributed by atoms with E-state index in [9.17, 15) is 18.0 Å². The Morgan fingerprint density at radius 2 is 1.29 bits per heavy atom. The Morgan fingerprint density at radius 3 is 1.53 bits per heavy atom. The van der Waals surface area contributed by atoms with Crippen molar-refractivity contribution in [3.63, 3.8) is 0 Å². The van der Waals surface area contributed by atoms with Gasteiger partial charge in [-0.1, -0.05) is 0 Å². The molecular formula is C8H7KO7S. The molecule has 0 bridgehead atoms. The Morgan fingerprint density at radius 1 is 0.941 bits per heavy atom. The van der Waals surface area contributed by atoms with Gasteiger partial charge in [-0.2, -0.15) is 8.42 Å². The van der Waals surface area contributed by atoms with Crippen molar-refractivity contribution in [1.82, 2.24) is 0 Å². The van der Waals surface area contributed by atoms with Crippen LogP contribution in [0.1, 0.15) is 20.7 Å². The Labute approximate surface area is 139 Å². The Balaban J connectivity index is 0.00000256. The quantitative estimate of drug-likeness (QED) is 0.513. The first-order valence-electron chi connectivity index (χ1n) is 3.81. The summed E-state index contributed by atoms with van der Waals surface area (Å²) in [6.07, 6.45) is 0. The van der Waals surface area contributed by atoms with Crippen molar-refractivity contribution in [3.8, 4) is 0 Å². The molecule has 0 saturated carbocycles. The van der Waals surface area contributed by atoms with Gasteiger partial charge < -0.3 is 10.2 Å². The summed E-state index contributed by atoms with van der Waals surface area (Å²) in [4.78, 5) is 20.4. The SMILES string of the molecule is O=C(O)c1cc(C(=O)O)cc(S(=O)(=O)O)c1.[KH]. The van der Waals surface area contributed by atoms with Gasteiger partial charge in [0.05, 0.1) is 16.0 Å². The first-order chi connectivity index (χ1) is 7.21. The maximum atomic E-state index is 10.8. The van der Waals surface area contributed by atoms with Gasteiger partial charge in [0.15, 0.2) is 0 Å². The van der Waals surface area contributed by atoms with E-state index in [0.29, 0.717) is 12.1 Å². The molecule has 0 unspecified atom stereocenters. The molecule has 0 spiro atoms. The van der Waals surface area contributed by atoms with Gasteiger partial charge in [0, 0.05) is 0 Å². The molecule has 88 valence electrons. The van der Waals surface area contributed by atoms with Gasteiger partial charge in [0.25, 0.3) is 10.1 Å². The van der Waals surface area contributed by atoms with E-state index in [2.05, 4.69) is 0 Å². The van der Waals surface area contributed by atoms with Crippen LogP contribution < -0.4 is 0 Å². The summed E-state index contributed by atoms with van der Waals surface area (Å²) in [7, 11) is -4.64. The zero-order valence-corrected chi connectivity index (χ0v) is 8.43. The van der Waals surface area contributed by atoms with Crippen molar-refractivity contribution in [2.75, 3.05) is 0 Å². The average Bonchev–Trinajstić information content (AvgIpc) is 2.15. The molecule has 0 aromatic heterocycles. The third kappa shape index (κ3) is 4.47. The van der Waals surface area contributed by atoms with Gasteiger partial charge >= 0.3 is 63.3 Å². The number of hydrogen-bond acceptors (Lipinski definition) is 4. The Hall–Kier alpha value is -0.294. The number of aromatic carboxylic acids is 2. The molecule has 0 atom stereocenters. The van der Waals surface area contributed by atoms with Crippen LogP contribution in [0.25, 0.3) is 0 Å². The molecule has 3 N–H and O–H groups in total.